The van der Waals surface area contributed by atoms with Crippen molar-refractivity contribution in [1.29, 1.82) is 0 Å². The summed E-state index contributed by atoms with van der Waals surface area (Å²) in [4.78, 5) is 11.3. The summed E-state index contributed by atoms with van der Waals surface area (Å²) in [5.74, 6) is -0.872. The number of hydrogen-bond acceptors (Lipinski definition) is 7. The highest BCUT2D eigenvalue weighted by molar-refractivity contribution is 5.81. The fraction of sp³-hybridized carbons (Fsp3) is 0.900. The highest BCUT2D eigenvalue weighted by Gasteiger charge is 2.33. The topological polar surface area (TPSA) is 139 Å². The van der Waals surface area contributed by atoms with Gasteiger partial charge in [0.25, 0.3) is 5.91 Å². The number of carbonyl (C=O) groups is 1. The Bertz CT molecular complexity index is 238. The second-order valence-corrected chi connectivity index (χ2v) is 3.81. The fourth-order valence-corrected chi connectivity index (χ4v) is 1.21. The van der Waals surface area contributed by atoms with Crippen molar-refractivity contribution in [3.8, 4) is 0 Å². The van der Waals surface area contributed by atoms with Crippen LogP contribution in [0.5, 0.6) is 0 Å². The molecule has 6 N–H and O–H groups in total. The van der Waals surface area contributed by atoms with E-state index < -0.39 is 36.9 Å². The van der Waals surface area contributed by atoms with Crippen molar-refractivity contribution in [2.75, 3.05) is 26.9 Å². The Balaban J connectivity index is 4.11. The van der Waals surface area contributed by atoms with E-state index in [2.05, 4.69) is 5.32 Å². The van der Waals surface area contributed by atoms with Gasteiger partial charge >= 0.3 is 0 Å². The number of nitrogens with one attached hydrogen (secondary N) is 1. The Morgan fingerprint density at radius 3 is 2.33 bits per heavy atom. The van der Waals surface area contributed by atoms with Gasteiger partial charge in [0, 0.05) is 20.3 Å². The molecule has 0 saturated carbocycles. The fourth-order valence-electron chi connectivity index (χ4n) is 1.21. The van der Waals surface area contributed by atoms with Crippen LogP contribution in [0.4, 0.5) is 0 Å². The first-order valence-electron chi connectivity index (χ1n) is 5.55. The highest BCUT2D eigenvalue weighted by atomic mass is 16.5. The second-order valence-electron chi connectivity index (χ2n) is 3.81. The lowest BCUT2D eigenvalue weighted by Crippen LogP contribution is -2.51. The van der Waals surface area contributed by atoms with Gasteiger partial charge in [-0.1, -0.05) is 0 Å². The molecule has 0 aromatic carbocycles. The van der Waals surface area contributed by atoms with Crippen LogP contribution in [0, 0.1) is 0 Å². The number of amides is 1. The zero-order valence-electron chi connectivity index (χ0n) is 10.2. The summed E-state index contributed by atoms with van der Waals surface area (Å²) in [5.41, 5.74) is 0. The summed E-state index contributed by atoms with van der Waals surface area (Å²) in [6.45, 7) is -0.111. The molecule has 0 rings (SSSR count). The van der Waals surface area contributed by atoms with Gasteiger partial charge in [-0.25, -0.2) is 0 Å². The van der Waals surface area contributed by atoms with Crippen molar-refractivity contribution in [2.24, 2.45) is 0 Å². The van der Waals surface area contributed by atoms with Gasteiger partial charge in [-0.2, -0.15) is 0 Å². The molecule has 0 aliphatic rings. The predicted octanol–water partition coefficient (Wildman–Crippen LogP) is -3.42. The monoisotopic (exact) mass is 267 g/mol. The van der Waals surface area contributed by atoms with Crippen LogP contribution in [0.2, 0.25) is 0 Å². The van der Waals surface area contributed by atoms with Crippen molar-refractivity contribution in [1.82, 2.24) is 5.32 Å². The lowest BCUT2D eigenvalue weighted by atomic mass is 10.0. The lowest BCUT2D eigenvalue weighted by molar-refractivity contribution is -0.148. The van der Waals surface area contributed by atoms with E-state index >= 15 is 0 Å². The third kappa shape index (κ3) is 5.71. The minimum Gasteiger partial charge on any atom is -0.394 e. The Morgan fingerprint density at radius 2 is 1.83 bits per heavy atom. The molecule has 1 amide bonds. The minimum atomic E-state index is -1.89. The quantitative estimate of drug-likeness (QED) is 0.239. The van der Waals surface area contributed by atoms with Crippen molar-refractivity contribution in [3.05, 3.63) is 0 Å². The lowest BCUT2D eigenvalue weighted by Gasteiger charge is -2.24. The van der Waals surface area contributed by atoms with Gasteiger partial charge in [0.2, 0.25) is 0 Å². The zero-order chi connectivity index (χ0) is 14.1. The molecule has 0 radical (unpaired) electrons. The van der Waals surface area contributed by atoms with Crippen LogP contribution in [-0.4, -0.2) is 82.7 Å². The normalized spacial score (nSPS) is 17.9. The molecule has 4 atom stereocenters. The minimum absolute atomic E-state index is 0.245. The van der Waals surface area contributed by atoms with Crippen LogP contribution in [-0.2, 0) is 9.53 Å². The van der Waals surface area contributed by atoms with E-state index in [4.69, 9.17) is 14.9 Å². The largest absolute Gasteiger partial charge is 0.394 e. The van der Waals surface area contributed by atoms with Crippen molar-refractivity contribution < 1.29 is 35.1 Å². The maximum atomic E-state index is 11.3. The molecule has 0 aromatic rings. The summed E-state index contributed by atoms with van der Waals surface area (Å²) in [7, 11) is 1.51. The molecule has 0 bridgehead atoms. The van der Waals surface area contributed by atoms with Crippen LogP contribution >= 0.6 is 0 Å². The average Bonchev–Trinajstić information content (AvgIpc) is 2.39. The van der Waals surface area contributed by atoms with Gasteiger partial charge in [-0.05, 0) is 6.42 Å². The van der Waals surface area contributed by atoms with E-state index in [0.717, 1.165) is 0 Å². The molecular formula is C10H21NO7. The number of rotatable bonds is 9. The zero-order valence-corrected chi connectivity index (χ0v) is 10.2. The van der Waals surface area contributed by atoms with E-state index in [1.807, 2.05) is 0 Å². The number of hydrogen-bond donors (Lipinski definition) is 6. The Hall–Kier alpha value is -0.770. The third-order valence-electron chi connectivity index (χ3n) is 2.35. The van der Waals surface area contributed by atoms with E-state index in [1.165, 1.54) is 7.11 Å². The standard InChI is InChI=1S/C10H21NO7/c1-18-4-2-3-11-10(17)9(16)8(15)7(14)6(13)5-12/h6-9,12-16H,2-5H2,1H3,(H,11,17). The van der Waals surface area contributed by atoms with E-state index in [1.54, 1.807) is 0 Å². The second kappa shape index (κ2) is 9.20. The van der Waals surface area contributed by atoms with E-state index in [-0.39, 0.29) is 6.54 Å². The molecule has 4 unspecified atom stereocenters. The summed E-state index contributed by atoms with van der Waals surface area (Å²) >= 11 is 0. The smallest absolute Gasteiger partial charge is 0.251 e. The Kier molecular flexibility index (Phi) is 8.81. The summed E-state index contributed by atoms with van der Waals surface area (Å²) in [6, 6.07) is 0. The molecule has 18 heavy (non-hydrogen) atoms. The molecule has 0 spiro atoms. The molecule has 108 valence electrons. The van der Waals surface area contributed by atoms with Gasteiger partial charge in [0.1, 0.15) is 18.3 Å². The van der Waals surface area contributed by atoms with Crippen LogP contribution in [0.15, 0.2) is 0 Å². The number of aliphatic hydroxyl groups excluding tert-OH is 5. The number of aliphatic hydroxyl groups is 5. The van der Waals surface area contributed by atoms with Gasteiger partial charge in [-0.15, -0.1) is 0 Å². The van der Waals surface area contributed by atoms with Gasteiger partial charge in [0.05, 0.1) is 6.61 Å². The summed E-state index contributed by atoms with van der Waals surface area (Å²) < 4.78 is 4.75. The van der Waals surface area contributed by atoms with Crippen LogP contribution in [0.1, 0.15) is 6.42 Å². The number of methoxy groups -OCH3 is 1. The Labute approximate surface area is 105 Å². The van der Waals surface area contributed by atoms with Crippen LogP contribution < -0.4 is 5.32 Å². The van der Waals surface area contributed by atoms with Crippen molar-refractivity contribution in [2.45, 2.75) is 30.8 Å². The van der Waals surface area contributed by atoms with Crippen LogP contribution in [0.3, 0.4) is 0 Å². The highest BCUT2D eigenvalue weighted by Crippen LogP contribution is 2.05. The molecule has 0 saturated heterocycles. The van der Waals surface area contributed by atoms with Gasteiger partial charge in [0.15, 0.2) is 6.10 Å². The average molecular weight is 267 g/mol. The maximum Gasteiger partial charge on any atom is 0.251 e. The molecule has 8 heteroatoms. The van der Waals surface area contributed by atoms with Gasteiger partial charge < -0.3 is 35.6 Å². The molecule has 0 aliphatic heterocycles. The van der Waals surface area contributed by atoms with E-state index in [9.17, 15) is 20.1 Å². The van der Waals surface area contributed by atoms with E-state index in [0.29, 0.717) is 13.0 Å². The first-order chi connectivity index (χ1) is 8.45. The molecule has 0 heterocycles. The predicted molar refractivity (Wildman–Crippen MR) is 60.6 cm³/mol. The van der Waals surface area contributed by atoms with Crippen molar-refractivity contribution >= 4 is 5.91 Å². The Morgan fingerprint density at radius 1 is 1.22 bits per heavy atom. The number of carbonyl (C=O) groups excluding carboxylic acids is 1. The molecule has 0 aliphatic carbocycles. The maximum absolute atomic E-state index is 11.3. The van der Waals surface area contributed by atoms with Crippen molar-refractivity contribution in [3.63, 3.8) is 0 Å². The first kappa shape index (κ1) is 17.2. The summed E-state index contributed by atoms with van der Waals surface area (Å²) in [5, 5.41) is 48.0. The summed E-state index contributed by atoms with van der Waals surface area (Å²) in [6.07, 6.45) is -6.67. The molecule has 0 fully saturated rings. The molecule has 8 nitrogen and oxygen atoms in total. The van der Waals surface area contributed by atoms with Crippen LogP contribution in [0.25, 0.3) is 0 Å². The van der Waals surface area contributed by atoms with Gasteiger partial charge in [-0.3, -0.25) is 4.79 Å². The first-order valence-corrected chi connectivity index (χ1v) is 5.55. The SMILES string of the molecule is COCCCNC(=O)C(O)C(O)C(O)C(O)CO. The molecule has 0 aromatic heterocycles. The number of ether oxygens (including phenoxy) is 1. The molecular weight excluding hydrogens is 246 g/mol. The third-order valence-corrected chi connectivity index (χ3v) is 2.35.